The van der Waals surface area contributed by atoms with Gasteiger partial charge >= 0.3 is 0 Å². The zero-order valence-corrected chi connectivity index (χ0v) is 13.3. The second-order valence-corrected chi connectivity index (χ2v) is 7.15. The molecule has 90 valence electrons. The van der Waals surface area contributed by atoms with Gasteiger partial charge in [0.05, 0.1) is 13.5 Å². The Balaban J connectivity index is 2.51. The van der Waals surface area contributed by atoms with Crippen LogP contribution >= 0.6 is 50.5 Å². The number of benzene rings is 1. The molecule has 2 aromatic rings. The van der Waals surface area contributed by atoms with Gasteiger partial charge in [0, 0.05) is 5.56 Å². The van der Waals surface area contributed by atoms with Crippen LogP contribution in [0.5, 0.6) is 0 Å². The molecule has 1 aromatic heterocycles. The van der Waals surface area contributed by atoms with Crippen LogP contribution in [0.2, 0.25) is 8.67 Å². The summed E-state index contributed by atoms with van der Waals surface area (Å²) in [5.74, 6) is 0. The second kappa shape index (κ2) is 5.31. The maximum atomic E-state index is 6.20. The fourth-order valence-electron chi connectivity index (χ4n) is 1.91. The molecule has 4 heteroatoms. The van der Waals surface area contributed by atoms with Gasteiger partial charge < -0.3 is 0 Å². The minimum atomic E-state index is 0.0972. The number of rotatable bonds is 2. The van der Waals surface area contributed by atoms with E-state index < -0.39 is 0 Å². The van der Waals surface area contributed by atoms with Gasteiger partial charge in [-0.2, -0.15) is 0 Å². The van der Waals surface area contributed by atoms with E-state index in [1.165, 1.54) is 28.0 Å². The van der Waals surface area contributed by atoms with Gasteiger partial charge in [0.25, 0.3) is 0 Å². The molecular weight excluding hydrogens is 339 g/mol. The van der Waals surface area contributed by atoms with Gasteiger partial charge in [-0.3, -0.25) is 0 Å². The molecule has 1 aromatic carbocycles. The quantitative estimate of drug-likeness (QED) is 0.570. The Morgan fingerprint density at radius 1 is 1.18 bits per heavy atom. The Kier molecular flexibility index (Phi) is 4.19. The van der Waals surface area contributed by atoms with E-state index in [4.69, 9.17) is 23.2 Å². The predicted octanol–water partition coefficient (Wildman–Crippen LogP) is 6.16. The van der Waals surface area contributed by atoms with Crippen LogP contribution in [0.25, 0.3) is 0 Å². The van der Waals surface area contributed by atoms with Crippen LogP contribution in [-0.2, 0) is 0 Å². The lowest BCUT2D eigenvalue weighted by Crippen LogP contribution is -1.98. The Morgan fingerprint density at radius 2 is 1.76 bits per heavy atom. The third-order valence-corrected chi connectivity index (χ3v) is 5.22. The van der Waals surface area contributed by atoms with Crippen molar-refractivity contribution >= 4 is 50.5 Å². The lowest BCUT2D eigenvalue weighted by atomic mass is 9.97. The van der Waals surface area contributed by atoms with E-state index in [0.29, 0.717) is 0 Å². The molecule has 0 aliphatic carbocycles. The Bertz CT molecular complexity index is 528. The maximum absolute atomic E-state index is 6.20. The van der Waals surface area contributed by atoms with Gasteiger partial charge in [0.2, 0.25) is 0 Å². The normalized spacial score (nSPS) is 12.8. The van der Waals surface area contributed by atoms with Gasteiger partial charge in [-0.25, -0.2) is 0 Å². The van der Waals surface area contributed by atoms with Gasteiger partial charge in [0.15, 0.2) is 0 Å². The number of hydrogen-bond acceptors (Lipinski definition) is 1. The molecule has 17 heavy (non-hydrogen) atoms. The number of thiophene rings is 1. The van der Waals surface area contributed by atoms with Crippen LogP contribution in [0.1, 0.15) is 27.1 Å². The molecule has 0 saturated carbocycles. The molecule has 1 heterocycles. The van der Waals surface area contributed by atoms with Crippen molar-refractivity contribution < 1.29 is 0 Å². The summed E-state index contributed by atoms with van der Waals surface area (Å²) in [7, 11) is 0. The van der Waals surface area contributed by atoms with Crippen molar-refractivity contribution in [3.63, 3.8) is 0 Å². The highest BCUT2D eigenvalue weighted by molar-refractivity contribution is 9.09. The van der Waals surface area contributed by atoms with Crippen LogP contribution in [0, 0.1) is 13.8 Å². The van der Waals surface area contributed by atoms with Crippen molar-refractivity contribution in [2.75, 3.05) is 0 Å². The van der Waals surface area contributed by atoms with Gasteiger partial charge in [-0.1, -0.05) is 57.3 Å². The fraction of sp³-hybridized carbons (Fsp3) is 0.231. The number of halogens is 3. The number of aryl methyl sites for hydroxylation is 2. The van der Waals surface area contributed by atoms with Gasteiger partial charge in [-0.05, 0) is 36.6 Å². The monoisotopic (exact) mass is 348 g/mol. The Hall–Kier alpha value is -0.0200. The standard InChI is InChI=1S/C13H11BrCl2S/c1-7-4-3-5-8(2)11(7)12(14)9-6-10(15)17-13(9)16/h3-6,12H,1-2H3. The maximum Gasteiger partial charge on any atom is 0.0990 e. The average molecular weight is 350 g/mol. The van der Waals surface area contributed by atoms with Crippen molar-refractivity contribution in [3.8, 4) is 0 Å². The van der Waals surface area contributed by atoms with E-state index in [9.17, 15) is 0 Å². The van der Waals surface area contributed by atoms with E-state index in [-0.39, 0.29) is 4.83 Å². The highest BCUT2D eigenvalue weighted by Gasteiger charge is 2.19. The molecule has 0 spiro atoms. The van der Waals surface area contributed by atoms with Crippen molar-refractivity contribution in [1.82, 2.24) is 0 Å². The summed E-state index contributed by atoms with van der Waals surface area (Å²) < 4.78 is 1.47. The zero-order valence-electron chi connectivity index (χ0n) is 9.43. The molecule has 0 radical (unpaired) electrons. The average Bonchev–Trinajstić information content (AvgIpc) is 2.57. The molecule has 0 fully saturated rings. The summed E-state index contributed by atoms with van der Waals surface area (Å²) in [6.07, 6.45) is 0. The highest BCUT2D eigenvalue weighted by Crippen LogP contribution is 2.43. The number of alkyl halides is 1. The summed E-state index contributed by atoms with van der Waals surface area (Å²) >= 11 is 17.3. The molecule has 2 rings (SSSR count). The third kappa shape index (κ3) is 2.70. The zero-order chi connectivity index (χ0) is 12.6. The molecule has 0 bridgehead atoms. The highest BCUT2D eigenvalue weighted by atomic mass is 79.9. The molecule has 0 aliphatic heterocycles. The van der Waals surface area contributed by atoms with Crippen LogP contribution in [0.4, 0.5) is 0 Å². The summed E-state index contributed by atoms with van der Waals surface area (Å²) in [6.45, 7) is 4.22. The van der Waals surface area contributed by atoms with Gasteiger partial charge in [-0.15, -0.1) is 11.3 Å². The molecule has 0 N–H and O–H groups in total. The molecular formula is C13H11BrCl2S. The summed E-state index contributed by atoms with van der Waals surface area (Å²) in [4.78, 5) is 0.0972. The predicted molar refractivity (Wildman–Crippen MR) is 81.0 cm³/mol. The molecule has 0 nitrogen and oxygen atoms in total. The van der Waals surface area contributed by atoms with E-state index in [0.717, 1.165) is 14.2 Å². The first-order chi connectivity index (χ1) is 8.00. The van der Waals surface area contributed by atoms with Crippen molar-refractivity contribution in [2.45, 2.75) is 18.7 Å². The van der Waals surface area contributed by atoms with Gasteiger partial charge in [0.1, 0.15) is 0 Å². The fourth-order valence-corrected chi connectivity index (χ4v) is 4.81. The molecule has 1 atom stereocenters. The molecule has 0 saturated heterocycles. The summed E-state index contributed by atoms with van der Waals surface area (Å²) in [6, 6.07) is 8.22. The largest absolute Gasteiger partial charge is 0.111 e. The Labute approximate surface area is 124 Å². The lowest BCUT2D eigenvalue weighted by Gasteiger charge is -2.15. The Morgan fingerprint density at radius 3 is 2.24 bits per heavy atom. The van der Waals surface area contributed by atoms with E-state index in [2.05, 4.69) is 48.0 Å². The third-order valence-electron chi connectivity index (χ3n) is 2.75. The molecule has 1 unspecified atom stereocenters. The van der Waals surface area contributed by atoms with E-state index in [1.54, 1.807) is 0 Å². The summed E-state index contributed by atoms with van der Waals surface area (Å²) in [5, 5.41) is 0. The minimum absolute atomic E-state index is 0.0972. The van der Waals surface area contributed by atoms with Crippen LogP contribution in [0.3, 0.4) is 0 Å². The summed E-state index contributed by atoms with van der Waals surface area (Å²) in [5.41, 5.74) is 4.82. The van der Waals surface area contributed by atoms with Crippen LogP contribution in [-0.4, -0.2) is 0 Å². The van der Waals surface area contributed by atoms with E-state index in [1.807, 2.05) is 6.07 Å². The van der Waals surface area contributed by atoms with E-state index >= 15 is 0 Å². The first kappa shape index (κ1) is 13.4. The first-order valence-corrected chi connectivity index (χ1v) is 7.64. The molecule has 0 aliphatic rings. The first-order valence-electron chi connectivity index (χ1n) is 5.15. The second-order valence-electron chi connectivity index (χ2n) is 3.95. The van der Waals surface area contributed by atoms with Crippen molar-refractivity contribution in [2.24, 2.45) is 0 Å². The van der Waals surface area contributed by atoms with Crippen molar-refractivity contribution in [1.29, 1.82) is 0 Å². The smallest absolute Gasteiger partial charge is 0.0990 e. The lowest BCUT2D eigenvalue weighted by molar-refractivity contribution is 1.12. The minimum Gasteiger partial charge on any atom is -0.111 e. The molecule has 0 amide bonds. The van der Waals surface area contributed by atoms with Crippen molar-refractivity contribution in [3.05, 3.63) is 55.2 Å². The topological polar surface area (TPSA) is 0 Å². The number of hydrogen-bond donors (Lipinski definition) is 0. The SMILES string of the molecule is Cc1cccc(C)c1C(Br)c1cc(Cl)sc1Cl. The van der Waals surface area contributed by atoms with Crippen LogP contribution in [0.15, 0.2) is 24.3 Å². The van der Waals surface area contributed by atoms with Crippen LogP contribution < -0.4 is 0 Å².